The summed E-state index contributed by atoms with van der Waals surface area (Å²) < 4.78 is 5.06. The molecule has 1 N–H and O–H groups in total. The number of amides is 2. The molecule has 4 atom stereocenters. The van der Waals surface area contributed by atoms with Crippen LogP contribution in [0, 0.1) is 29.1 Å². The van der Waals surface area contributed by atoms with Crippen molar-refractivity contribution in [2.75, 3.05) is 7.11 Å². The summed E-state index contributed by atoms with van der Waals surface area (Å²) in [6.45, 7) is 0. The number of phenols is 1. The lowest BCUT2D eigenvalue weighted by atomic mass is 9.85. The third kappa shape index (κ3) is 1.77. The summed E-state index contributed by atoms with van der Waals surface area (Å²) in [4.78, 5) is 25.6. The number of hydrazone groups is 1. The van der Waals surface area contributed by atoms with Crippen LogP contribution in [0.2, 0.25) is 0 Å². The minimum Gasteiger partial charge on any atom is -0.504 e. The SMILES string of the molecule is COc1cc(/C=N/N2C(=O)C3C(C2=O)C2C=CC3C23CC3)ccc1O. The van der Waals surface area contributed by atoms with Crippen molar-refractivity contribution < 1.29 is 19.4 Å². The van der Waals surface area contributed by atoms with Gasteiger partial charge in [-0.2, -0.15) is 10.1 Å². The number of allylic oxidation sites excluding steroid dienone is 2. The molecule has 2 bridgehead atoms. The van der Waals surface area contributed by atoms with E-state index in [9.17, 15) is 14.7 Å². The lowest BCUT2D eigenvalue weighted by molar-refractivity contribution is -0.141. The van der Waals surface area contributed by atoms with Gasteiger partial charge in [-0.25, -0.2) is 0 Å². The number of imide groups is 1. The van der Waals surface area contributed by atoms with Crippen LogP contribution in [0.5, 0.6) is 11.5 Å². The average molecular weight is 338 g/mol. The highest BCUT2D eigenvalue weighted by Crippen LogP contribution is 2.73. The predicted octanol–water partition coefficient (Wildman–Crippen LogP) is 1.93. The van der Waals surface area contributed by atoms with Gasteiger partial charge >= 0.3 is 0 Å². The van der Waals surface area contributed by atoms with Gasteiger partial charge in [-0.3, -0.25) is 9.59 Å². The Morgan fingerprint density at radius 1 is 1.20 bits per heavy atom. The Kier molecular flexibility index (Phi) is 2.77. The van der Waals surface area contributed by atoms with Crippen LogP contribution in [0.25, 0.3) is 0 Å². The van der Waals surface area contributed by atoms with Crippen molar-refractivity contribution >= 4 is 18.0 Å². The van der Waals surface area contributed by atoms with Gasteiger partial charge in [-0.05, 0) is 53.9 Å². The second-order valence-electron chi connectivity index (χ2n) is 7.39. The highest BCUT2D eigenvalue weighted by atomic mass is 16.5. The molecule has 4 unspecified atom stereocenters. The van der Waals surface area contributed by atoms with Gasteiger partial charge in [0.1, 0.15) is 0 Å². The van der Waals surface area contributed by atoms with Crippen molar-refractivity contribution in [3.05, 3.63) is 35.9 Å². The zero-order chi connectivity index (χ0) is 17.3. The number of aromatic hydroxyl groups is 1. The van der Waals surface area contributed by atoms with Gasteiger partial charge in [0.25, 0.3) is 11.8 Å². The topological polar surface area (TPSA) is 79.2 Å². The summed E-state index contributed by atoms with van der Waals surface area (Å²) in [6.07, 6.45) is 7.99. The lowest BCUT2D eigenvalue weighted by Crippen LogP contribution is -2.30. The molecule has 1 heterocycles. The fourth-order valence-electron chi connectivity index (χ4n) is 5.08. The molecule has 1 aromatic carbocycles. The molecule has 6 heteroatoms. The standard InChI is InChI=1S/C19H18N2O4/c1-25-14-8-10(2-5-13(14)22)9-20-21-17(23)15-11-3-4-12(16(15)18(21)24)19(11)6-7-19/h2-5,8-9,11-12,15-16,22H,6-7H2,1H3/b20-9+. The summed E-state index contributed by atoms with van der Waals surface area (Å²) in [5.74, 6) is -0.0909. The maximum absolute atomic E-state index is 12.8. The molecule has 4 aliphatic rings. The van der Waals surface area contributed by atoms with Crippen LogP contribution < -0.4 is 4.74 Å². The predicted molar refractivity (Wildman–Crippen MR) is 88.9 cm³/mol. The summed E-state index contributed by atoms with van der Waals surface area (Å²) in [5.41, 5.74) is 0.841. The van der Waals surface area contributed by atoms with Gasteiger partial charge in [0, 0.05) is 0 Å². The second kappa shape index (κ2) is 4.71. The number of methoxy groups -OCH3 is 1. The molecule has 3 fully saturated rings. The smallest absolute Gasteiger partial charge is 0.254 e. The Hall–Kier alpha value is -2.63. The Morgan fingerprint density at radius 2 is 1.84 bits per heavy atom. The molecule has 1 aliphatic heterocycles. The van der Waals surface area contributed by atoms with E-state index in [-0.39, 0.29) is 46.7 Å². The van der Waals surface area contributed by atoms with Gasteiger partial charge in [0.15, 0.2) is 11.5 Å². The van der Waals surface area contributed by atoms with Crippen molar-refractivity contribution in [3.8, 4) is 11.5 Å². The van der Waals surface area contributed by atoms with Crippen molar-refractivity contribution in [1.82, 2.24) is 5.01 Å². The number of nitrogens with zero attached hydrogens (tertiary/aromatic N) is 2. The van der Waals surface area contributed by atoms with E-state index in [1.165, 1.54) is 19.4 Å². The molecule has 1 saturated heterocycles. The molecule has 25 heavy (non-hydrogen) atoms. The number of fused-ring (bicyclic) bond motifs is 3. The highest BCUT2D eigenvalue weighted by Gasteiger charge is 2.73. The maximum atomic E-state index is 12.8. The van der Waals surface area contributed by atoms with E-state index < -0.39 is 0 Å². The van der Waals surface area contributed by atoms with Crippen molar-refractivity contribution in [3.63, 3.8) is 0 Å². The number of carbonyl (C=O) groups excluding carboxylic acids is 2. The van der Waals surface area contributed by atoms with Crippen molar-refractivity contribution in [2.24, 2.45) is 34.2 Å². The van der Waals surface area contributed by atoms with E-state index in [2.05, 4.69) is 17.3 Å². The first kappa shape index (κ1) is 14.7. The Morgan fingerprint density at radius 3 is 2.40 bits per heavy atom. The number of hydrogen-bond donors (Lipinski definition) is 1. The summed E-state index contributed by atoms with van der Waals surface area (Å²) in [5, 5.41) is 14.8. The van der Waals surface area contributed by atoms with Gasteiger partial charge < -0.3 is 9.84 Å². The molecule has 1 aromatic rings. The number of phenolic OH excluding ortho intramolecular Hbond substituents is 1. The van der Waals surface area contributed by atoms with E-state index in [4.69, 9.17) is 4.74 Å². The molecule has 5 rings (SSSR count). The van der Waals surface area contributed by atoms with Crippen LogP contribution in [0.1, 0.15) is 18.4 Å². The number of hydrogen-bond acceptors (Lipinski definition) is 5. The van der Waals surface area contributed by atoms with Gasteiger partial charge in [0.05, 0.1) is 25.2 Å². The number of carbonyl (C=O) groups is 2. The van der Waals surface area contributed by atoms with Crippen molar-refractivity contribution in [1.29, 1.82) is 0 Å². The fourth-order valence-corrected chi connectivity index (χ4v) is 5.08. The van der Waals surface area contributed by atoms with Crippen LogP contribution >= 0.6 is 0 Å². The largest absolute Gasteiger partial charge is 0.504 e. The zero-order valence-corrected chi connectivity index (χ0v) is 13.8. The van der Waals surface area contributed by atoms with Crippen LogP contribution in [0.3, 0.4) is 0 Å². The summed E-state index contributed by atoms with van der Waals surface area (Å²) >= 11 is 0. The molecule has 1 spiro atoms. The summed E-state index contributed by atoms with van der Waals surface area (Å²) in [7, 11) is 1.46. The van der Waals surface area contributed by atoms with Crippen LogP contribution in [0.15, 0.2) is 35.5 Å². The zero-order valence-electron chi connectivity index (χ0n) is 13.8. The quantitative estimate of drug-likeness (QED) is 0.519. The number of rotatable bonds is 3. The molecule has 0 radical (unpaired) electrons. The molecule has 128 valence electrons. The average Bonchev–Trinajstić information content (AvgIpc) is 3.21. The monoisotopic (exact) mass is 338 g/mol. The van der Waals surface area contributed by atoms with Gasteiger partial charge in [0.2, 0.25) is 0 Å². The molecule has 3 aliphatic carbocycles. The molecular formula is C19H18N2O4. The lowest BCUT2D eigenvalue weighted by Gasteiger charge is -2.18. The first-order chi connectivity index (χ1) is 12.1. The van der Waals surface area contributed by atoms with E-state index in [1.54, 1.807) is 12.1 Å². The first-order valence-electron chi connectivity index (χ1n) is 8.54. The molecule has 6 nitrogen and oxygen atoms in total. The number of benzene rings is 1. The van der Waals surface area contributed by atoms with E-state index in [1.807, 2.05) is 0 Å². The minimum absolute atomic E-state index is 0.0277. The number of ether oxygens (including phenoxy) is 1. The van der Waals surface area contributed by atoms with Crippen LogP contribution in [-0.4, -0.2) is 35.3 Å². The van der Waals surface area contributed by atoms with Crippen LogP contribution in [0.4, 0.5) is 0 Å². The second-order valence-corrected chi connectivity index (χ2v) is 7.39. The van der Waals surface area contributed by atoms with Crippen molar-refractivity contribution in [2.45, 2.75) is 12.8 Å². The van der Waals surface area contributed by atoms with E-state index >= 15 is 0 Å². The minimum atomic E-state index is -0.239. The summed E-state index contributed by atoms with van der Waals surface area (Å²) in [6, 6.07) is 4.75. The normalized spacial score (nSPS) is 33.7. The third-order valence-electron chi connectivity index (χ3n) is 6.36. The fraction of sp³-hybridized carbons (Fsp3) is 0.421. The first-order valence-corrected chi connectivity index (χ1v) is 8.54. The van der Waals surface area contributed by atoms with E-state index in [0.29, 0.717) is 11.3 Å². The van der Waals surface area contributed by atoms with E-state index in [0.717, 1.165) is 17.9 Å². The molecular weight excluding hydrogens is 320 g/mol. The Balaban J connectivity index is 1.42. The maximum Gasteiger partial charge on any atom is 0.254 e. The molecule has 0 aromatic heterocycles. The Labute approximate surface area is 144 Å². The van der Waals surface area contributed by atoms with Gasteiger partial charge in [-0.15, -0.1) is 0 Å². The van der Waals surface area contributed by atoms with Crippen LogP contribution in [-0.2, 0) is 9.59 Å². The molecule has 2 saturated carbocycles. The Bertz CT molecular complexity index is 821. The highest BCUT2D eigenvalue weighted by molar-refractivity contribution is 6.07. The third-order valence-corrected chi connectivity index (χ3v) is 6.36. The van der Waals surface area contributed by atoms with Gasteiger partial charge in [-0.1, -0.05) is 12.2 Å². The molecule has 2 amide bonds.